The number of hydrogen-bond acceptors (Lipinski definition) is 4. The zero-order chi connectivity index (χ0) is 15.4. The molecule has 0 aliphatic heterocycles. The van der Waals surface area contributed by atoms with E-state index in [0.29, 0.717) is 11.3 Å². The normalized spacial score (nSPS) is 10.0. The molecule has 0 aliphatic carbocycles. The van der Waals surface area contributed by atoms with Gasteiger partial charge in [0, 0.05) is 18.3 Å². The molecular weight excluding hydrogens is 334 g/mol. The molecule has 0 radical (unpaired) electrons. The highest BCUT2D eigenvalue weighted by molar-refractivity contribution is 9.10. The third kappa shape index (κ3) is 3.46. The fourth-order valence-corrected chi connectivity index (χ4v) is 2.40. The number of nitrogen functional groups attached to an aromatic ring is 1. The Hall–Kier alpha value is -2.21. The van der Waals surface area contributed by atoms with Crippen molar-refractivity contribution < 1.29 is 9.53 Å². The summed E-state index contributed by atoms with van der Waals surface area (Å²) >= 11 is 3.43. The van der Waals surface area contributed by atoms with Crippen molar-refractivity contribution >= 4 is 38.9 Å². The molecular formula is C15H16BrN3O2. The van der Waals surface area contributed by atoms with Crippen molar-refractivity contribution in [3.8, 4) is 5.75 Å². The van der Waals surface area contributed by atoms with E-state index in [9.17, 15) is 4.79 Å². The number of ether oxygens (including phenoxy) is 1. The average Bonchev–Trinajstić information content (AvgIpc) is 2.48. The SMILES string of the molecule is CNC(=O)c1ccc(Nc2ccc(OC)c(Br)c2)c(N)c1. The highest BCUT2D eigenvalue weighted by atomic mass is 79.9. The van der Waals surface area contributed by atoms with E-state index in [1.165, 1.54) is 0 Å². The van der Waals surface area contributed by atoms with Gasteiger partial charge in [-0.25, -0.2) is 0 Å². The van der Waals surface area contributed by atoms with Gasteiger partial charge in [0.05, 0.1) is 23.0 Å². The number of benzene rings is 2. The number of carbonyl (C=O) groups excluding carboxylic acids is 1. The molecule has 0 unspecified atom stereocenters. The fraction of sp³-hybridized carbons (Fsp3) is 0.133. The van der Waals surface area contributed by atoms with Crippen LogP contribution in [0.1, 0.15) is 10.4 Å². The van der Waals surface area contributed by atoms with Crippen LogP contribution in [0.15, 0.2) is 40.9 Å². The summed E-state index contributed by atoms with van der Waals surface area (Å²) in [5, 5.41) is 5.77. The molecule has 110 valence electrons. The van der Waals surface area contributed by atoms with E-state index in [2.05, 4.69) is 26.6 Å². The number of anilines is 3. The number of amides is 1. The molecule has 2 aromatic carbocycles. The van der Waals surface area contributed by atoms with Gasteiger partial charge in [-0.15, -0.1) is 0 Å². The molecule has 0 saturated heterocycles. The molecule has 0 fully saturated rings. The molecule has 5 nitrogen and oxygen atoms in total. The quantitative estimate of drug-likeness (QED) is 0.741. The third-order valence-corrected chi connectivity index (χ3v) is 3.59. The summed E-state index contributed by atoms with van der Waals surface area (Å²) in [5.41, 5.74) is 8.60. The van der Waals surface area contributed by atoms with Crippen LogP contribution < -0.4 is 21.1 Å². The Morgan fingerprint density at radius 1 is 1.24 bits per heavy atom. The number of methoxy groups -OCH3 is 1. The summed E-state index contributed by atoms with van der Waals surface area (Å²) in [5.74, 6) is 0.587. The third-order valence-electron chi connectivity index (χ3n) is 2.97. The van der Waals surface area contributed by atoms with Gasteiger partial charge in [0.25, 0.3) is 5.91 Å². The Labute approximate surface area is 131 Å². The van der Waals surface area contributed by atoms with Crippen molar-refractivity contribution in [1.29, 1.82) is 0 Å². The smallest absolute Gasteiger partial charge is 0.251 e. The van der Waals surface area contributed by atoms with Crippen LogP contribution in [0, 0.1) is 0 Å². The van der Waals surface area contributed by atoms with Crippen LogP contribution in [0.2, 0.25) is 0 Å². The number of nitrogens with one attached hydrogen (secondary N) is 2. The molecule has 21 heavy (non-hydrogen) atoms. The van der Waals surface area contributed by atoms with Gasteiger partial charge in [0.1, 0.15) is 5.75 Å². The first-order valence-electron chi connectivity index (χ1n) is 6.27. The van der Waals surface area contributed by atoms with Crippen molar-refractivity contribution in [2.75, 3.05) is 25.2 Å². The molecule has 4 N–H and O–H groups in total. The van der Waals surface area contributed by atoms with E-state index in [4.69, 9.17) is 10.5 Å². The van der Waals surface area contributed by atoms with Gasteiger partial charge < -0.3 is 21.1 Å². The number of hydrogen-bond donors (Lipinski definition) is 3. The van der Waals surface area contributed by atoms with Crippen molar-refractivity contribution in [2.24, 2.45) is 0 Å². The minimum Gasteiger partial charge on any atom is -0.496 e. The first-order valence-corrected chi connectivity index (χ1v) is 7.06. The van der Waals surface area contributed by atoms with Crippen LogP contribution in [-0.4, -0.2) is 20.1 Å². The van der Waals surface area contributed by atoms with Gasteiger partial charge in [-0.3, -0.25) is 4.79 Å². The van der Waals surface area contributed by atoms with Gasteiger partial charge in [-0.05, 0) is 52.3 Å². The first kappa shape index (κ1) is 15.2. The molecule has 0 aliphatic rings. The van der Waals surface area contributed by atoms with Gasteiger partial charge in [0.15, 0.2) is 0 Å². The summed E-state index contributed by atoms with van der Waals surface area (Å²) in [6.07, 6.45) is 0. The van der Waals surface area contributed by atoms with Crippen LogP contribution in [0.5, 0.6) is 5.75 Å². The lowest BCUT2D eigenvalue weighted by atomic mass is 10.1. The second-order valence-electron chi connectivity index (χ2n) is 4.36. The summed E-state index contributed by atoms with van der Waals surface area (Å²) in [7, 11) is 3.20. The van der Waals surface area contributed by atoms with Gasteiger partial charge in [-0.1, -0.05) is 0 Å². The van der Waals surface area contributed by atoms with Crippen molar-refractivity contribution in [3.63, 3.8) is 0 Å². The van der Waals surface area contributed by atoms with E-state index in [1.807, 2.05) is 18.2 Å². The lowest BCUT2D eigenvalue weighted by Crippen LogP contribution is -2.17. The maximum Gasteiger partial charge on any atom is 0.251 e. The molecule has 0 aromatic heterocycles. The Kier molecular flexibility index (Phi) is 4.70. The topological polar surface area (TPSA) is 76.4 Å². The second-order valence-corrected chi connectivity index (χ2v) is 5.21. The van der Waals surface area contributed by atoms with Crippen LogP contribution in [0.25, 0.3) is 0 Å². The Bertz CT molecular complexity index is 674. The number of nitrogens with two attached hydrogens (primary N) is 1. The minimum absolute atomic E-state index is 0.166. The van der Waals surface area contributed by atoms with Crippen molar-refractivity contribution in [1.82, 2.24) is 5.32 Å². The van der Waals surface area contributed by atoms with E-state index >= 15 is 0 Å². The highest BCUT2D eigenvalue weighted by Gasteiger charge is 2.07. The van der Waals surface area contributed by atoms with Crippen LogP contribution in [0.3, 0.4) is 0 Å². The maximum absolute atomic E-state index is 11.5. The largest absolute Gasteiger partial charge is 0.496 e. The summed E-state index contributed by atoms with van der Waals surface area (Å²) < 4.78 is 6.03. The predicted octanol–water partition coefficient (Wildman–Crippen LogP) is 3.14. The maximum atomic E-state index is 11.5. The van der Waals surface area contributed by atoms with E-state index in [1.54, 1.807) is 32.4 Å². The number of carbonyl (C=O) groups is 1. The fourth-order valence-electron chi connectivity index (χ4n) is 1.86. The Morgan fingerprint density at radius 2 is 2.00 bits per heavy atom. The van der Waals surface area contributed by atoms with Crippen LogP contribution >= 0.6 is 15.9 Å². The Balaban J connectivity index is 2.24. The van der Waals surface area contributed by atoms with E-state index < -0.39 is 0 Å². The van der Waals surface area contributed by atoms with E-state index in [0.717, 1.165) is 21.6 Å². The van der Waals surface area contributed by atoms with Gasteiger partial charge in [0.2, 0.25) is 0 Å². The first-order chi connectivity index (χ1) is 10.0. The molecule has 6 heteroatoms. The van der Waals surface area contributed by atoms with Gasteiger partial charge >= 0.3 is 0 Å². The summed E-state index contributed by atoms with van der Waals surface area (Å²) in [6, 6.07) is 10.8. The van der Waals surface area contributed by atoms with E-state index in [-0.39, 0.29) is 5.91 Å². The predicted molar refractivity (Wildman–Crippen MR) is 88.2 cm³/mol. The molecule has 0 spiro atoms. The zero-order valence-electron chi connectivity index (χ0n) is 11.7. The highest BCUT2D eigenvalue weighted by Crippen LogP contribution is 2.30. The van der Waals surface area contributed by atoms with Crippen molar-refractivity contribution in [2.45, 2.75) is 0 Å². The summed E-state index contributed by atoms with van der Waals surface area (Å²) in [4.78, 5) is 11.5. The number of rotatable bonds is 4. The molecule has 0 atom stereocenters. The van der Waals surface area contributed by atoms with Crippen LogP contribution in [-0.2, 0) is 0 Å². The molecule has 2 aromatic rings. The second kappa shape index (κ2) is 6.49. The lowest BCUT2D eigenvalue weighted by Gasteiger charge is -2.12. The van der Waals surface area contributed by atoms with Crippen LogP contribution in [0.4, 0.5) is 17.1 Å². The molecule has 1 amide bonds. The minimum atomic E-state index is -0.166. The standard InChI is InChI=1S/C15H16BrN3O2/c1-18-15(20)9-3-5-13(12(17)7-9)19-10-4-6-14(21-2)11(16)8-10/h3-8,19H,17H2,1-2H3,(H,18,20). The molecule has 0 heterocycles. The monoisotopic (exact) mass is 349 g/mol. The van der Waals surface area contributed by atoms with Crippen molar-refractivity contribution in [3.05, 3.63) is 46.4 Å². The lowest BCUT2D eigenvalue weighted by molar-refractivity contribution is 0.0963. The summed E-state index contributed by atoms with van der Waals surface area (Å²) in [6.45, 7) is 0. The molecule has 0 bridgehead atoms. The Morgan fingerprint density at radius 3 is 2.57 bits per heavy atom. The number of halogens is 1. The zero-order valence-corrected chi connectivity index (χ0v) is 13.3. The van der Waals surface area contributed by atoms with Gasteiger partial charge in [-0.2, -0.15) is 0 Å². The molecule has 0 saturated carbocycles. The average molecular weight is 350 g/mol. The molecule has 2 rings (SSSR count).